The second-order valence-electron chi connectivity index (χ2n) is 5.24. The average molecular weight is 225 g/mol. The molecule has 92 valence electrons. The molecule has 0 unspecified atom stereocenters. The van der Waals surface area contributed by atoms with Gasteiger partial charge in [-0.3, -0.25) is 9.69 Å². The smallest absolute Gasteiger partial charge is 0.236 e. The first-order chi connectivity index (χ1) is 7.66. The van der Waals surface area contributed by atoms with Gasteiger partial charge in [-0.25, -0.2) is 0 Å². The predicted octanol–water partition coefficient (Wildman–Crippen LogP) is 0.149. The molecule has 0 spiro atoms. The Morgan fingerprint density at radius 1 is 1.50 bits per heavy atom. The van der Waals surface area contributed by atoms with Crippen molar-refractivity contribution in [3.05, 3.63) is 0 Å². The number of carbonyl (C=O) groups excluding carboxylic acids is 1. The SMILES string of the molecule is C[C@@H]1CNCCN1CC(=O)N(C)CC1CC1. The standard InChI is InChI=1S/C12H23N3O/c1-10-7-13-5-6-15(10)9-12(16)14(2)8-11-3-4-11/h10-11,13H,3-9H2,1-2H3/t10-/m1/s1. The molecule has 2 fully saturated rings. The molecule has 4 nitrogen and oxygen atoms in total. The highest BCUT2D eigenvalue weighted by atomic mass is 16.2. The molecule has 1 aliphatic heterocycles. The molecular formula is C12H23N3O. The molecule has 2 rings (SSSR count). The van der Waals surface area contributed by atoms with Gasteiger partial charge >= 0.3 is 0 Å². The van der Waals surface area contributed by atoms with Gasteiger partial charge in [-0.05, 0) is 25.7 Å². The molecule has 4 heteroatoms. The van der Waals surface area contributed by atoms with Crippen LogP contribution in [0.5, 0.6) is 0 Å². The van der Waals surface area contributed by atoms with E-state index in [0.29, 0.717) is 12.6 Å². The van der Waals surface area contributed by atoms with E-state index in [2.05, 4.69) is 17.1 Å². The molecule has 1 saturated carbocycles. The van der Waals surface area contributed by atoms with Crippen molar-refractivity contribution >= 4 is 5.91 Å². The number of likely N-dealkylation sites (N-methyl/N-ethyl adjacent to an activating group) is 1. The Bertz CT molecular complexity index is 253. The Labute approximate surface area is 98.0 Å². The average Bonchev–Trinajstić information content (AvgIpc) is 3.05. The maximum absolute atomic E-state index is 12.0. The van der Waals surface area contributed by atoms with E-state index in [9.17, 15) is 4.79 Å². The number of hydrogen-bond acceptors (Lipinski definition) is 3. The number of piperazine rings is 1. The van der Waals surface area contributed by atoms with Crippen LogP contribution in [-0.2, 0) is 4.79 Å². The first kappa shape index (κ1) is 11.9. The van der Waals surface area contributed by atoms with Crippen molar-refractivity contribution in [2.24, 2.45) is 5.92 Å². The second kappa shape index (κ2) is 5.15. The third kappa shape index (κ3) is 3.19. The summed E-state index contributed by atoms with van der Waals surface area (Å²) in [5.74, 6) is 1.06. The number of rotatable bonds is 4. The van der Waals surface area contributed by atoms with E-state index in [0.717, 1.165) is 32.1 Å². The summed E-state index contributed by atoms with van der Waals surface area (Å²) in [5.41, 5.74) is 0. The fraction of sp³-hybridized carbons (Fsp3) is 0.917. The van der Waals surface area contributed by atoms with Gasteiger partial charge in [-0.15, -0.1) is 0 Å². The highest BCUT2D eigenvalue weighted by Crippen LogP contribution is 2.29. The maximum atomic E-state index is 12.0. The van der Waals surface area contributed by atoms with Crippen molar-refractivity contribution in [1.82, 2.24) is 15.1 Å². The number of carbonyl (C=O) groups is 1. The minimum atomic E-state index is 0.278. The first-order valence-corrected chi connectivity index (χ1v) is 6.35. The Morgan fingerprint density at radius 2 is 2.25 bits per heavy atom. The summed E-state index contributed by atoms with van der Waals surface area (Å²) in [4.78, 5) is 16.2. The lowest BCUT2D eigenvalue weighted by atomic mass is 10.2. The van der Waals surface area contributed by atoms with E-state index in [1.165, 1.54) is 12.8 Å². The molecule has 2 aliphatic rings. The van der Waals surface area contributed by atoms with Crippen LogP contribution in [-0.4, -0.2) is 61.5 Å². The van der Waals surface area contributed by atoms with E-state index in [1.54, 1.807) is 0 Å². The lowest BCUT2D eigenvalue weighted by Crippen LogP contribution is -2.53. The van der Waals surface area contributed by atoms with Crippen LogP contribution in [0, 0.1) is 5.92 Å². The van der Waals surface area contributed by atoms with E-state index < -0.39 is 0 Å². The summed E-state index contributed by atoms with van der Waals surface area (Å²) in [6.07, 6.45) is 2.61. The minimum absolute atomic E-state index is 0.278. The predicted molar refractivity (Wildman–Crippen MR) is 64.3 cm³/mol. The summed E-state index contributed by atoms with van der Waals surface area (Å²) < 4.78 is 0. The Morgan fingerprint density at radius 3 is 2.88 bits per heavy atom. The summed E-state index contributed by atoms with van der Waals surface area (Å²) in [5, 5.41) is 3.34. The third-order valence-electron chi connectivity index (χ3n) is 3.63. The Kier molecular flexibility index (Phi) is 3.82. The monoisotopic (exact) mass is 225 g/mol. The van der Waals surface area contributed by atoms with E-state index in [-0.39, 0.29) is 5.91 Å². The zero-order chi connectivity index (χ0) is 11.5. The van der Waals surface area contributed by atoms with Gasteiger partial charge in [-0.1, -0.05) is 0 Å². The summed E-state index contributed by atoms with van der Waals surface area (Å²) in [7, 11) is 1.94. The largest absolute Gasteiger partial charge is 0.344 e. The molecule has 1 N–H and O–H groups in total. The van der Waals surface area contributed by atoms with Gasteiger partial charge in [-0.2, -0.15) is 0 Å². The number of hydrogen-bond donors (Lipinski definition) is 1. The summed E-state index contributed by atoms with van der Waals surface area (Å²) >= 11 is 0. The van der Waals surface area contributed by atoms with E-state index in [1.807, 2.05) is 11.9 Å². The fourth-order valence-corrected chi connectivity index (χ4v) is 2.20. The zero-order valence-corrected chi connectivity index (χ0v) is 10.4. The van der Waals surface area contributed by atoms with Crippen molar-refractivity contribution in [2.75, 3.05) is 39.8 Å². The molecule has 1 amide bonds. The molecule has 1 saturated heterocycles. The summed E-state index contributed by atoms with van der Waals surface area (Å²) in [6.45, 7) is 6.72. The highest BCUT2D eigenvalue weighted by Gasteiger charge is 2.26. The Balaban J connectivity index is 1.75. The van der Waals surface area contributed by atoms with Gasteiger partial charge in [0.1, 0.15) is 0 Å². The van der Waals surface area contributed by atoms with E-state index >= 15 is 0 Å². The third-order valence-corrected chi connectivity index (χ3v) is 3.63. The molecule has 0 aromatic rings. The van der Waals surface area contributed by atoms with Gasteiger partial charge in [0.15, 0.2) is 0 Å². The van der Waals surface area contributed by atoms with Gasteiger partial charge in [0, 0.05) is 39.3 Å². The van der Waals surface area contributed by atoms with Crippen molar-refractivity contribution in [3.8, 4) is 0 Å². The molecule has 1 heterocycles. The minimum Gasteiger partial charge on any atom is -0.344 e. The van der Waals surface area contributed by atoms with Crippen LogP contribution in [0.4, 0.5) is 0 Å². The number of amides is 1. The van der Waals surface area contributed by atoms with Gasteiger partial charge < -0.3 is 10.2 Å². The van der Waals surface area contributed by atoms with Crippen LogP contribution in [0.25, 0.3) is 0 Å². The fourth-order valence-electron chi connectivity index (χ4n) is 2.20. The highest BCUT2D eigenvalue weighted by molar-refractivity contribution is 5.78. The van der Waals surface area contributed by atoms with Crippen molar-refractivity contribution in [1.29, 1.82) is 0 Å². The molecule has 1 aliphatic carbocycles. The van der Waals surface area contributed by atoms with Gasteiger partial charge in [0.25, 0.3) is 0 Å². The lowest BCUT2D eigenvalue weighted by Gasteiger charge is -2.34. The first-order valence-electron chi connectivity index (χ1n) is 6.35. The number of nitrogens with one attached hydrogen (secondary N) is 1. The van der Waals surface area contributed by atoms with E-state index in [4.69, 9.17) is 0 Å². The van der Waals surface area contributed by atoms with Gasteiger partial charge in [0.05, 0.1) is 6.54 Å². The van der Waals surface area contributed by atoms with Gasteiger partial charge in [0.2, 0.25) is 5.91 Å². The van der Waals surface area contributed by atoms with Crippen LogP contribution in [0.1, 0.15) is 19.8 Å². The zero-order valence-electron chi connectivity index (χ0n) is 10.4. The van der Waals surface area contributed by atoms with Crippen LogP contribution >= 0.6 is 0 Å². The summed E-state index contributed by atoms with van der Waals surface area (Å²) in [6, 6.07) is 0.479. The molecule has 1 atom stereocenters. The Hall–Kier alpha value is -0.610. The van der Waals surface area contributed by atoms with Crippen LogP contribution in [0.3, 0.4) is 0 Å². The lowest BCUT2D eigenvalue weighted by molar-refractivity contribution is -0.132. The van der Waals surface area contributed by atoms with Crippen molar-refractivity contribution in [2.45, 2.75) is 25.8 Å². The molecule has 0 bridgehead atoms. The quantitative estimate of drug-likeness (QED) is 0.740. The molecular weight excluding hydrogens is 202 g/mol. The van der Waals surface area contributed by atoms with Crippen LogP contribution in [0.15, 0.2) is 0 Å². The van der Waals surface area contributed by atoms with Crippen LogP contribution in [0.2, 0.25) is 0 Å². The topological polar surface area (TPSA) is 35.6 Å². The van der Waals surface area contributed by atoms with Crippen molar-refractivity contribution in [3.63, 3.8) is 0 Å². The normalized spacial score (nSPS) is 26.8. The molecule has 0 radical (unpaired) electrons. The molecule has 0 aromatic carbocycles. The maximum Gasteiger partial charge on any atom is 0.236 e. The molecule has 0 aromatic heterocycles. The van der Waals surface area contributed by atoms with Crippen LogP contribution < -0.4 is 5.32 Å². The van der Waals surface area contributed by atoms with Crippen molar-refractivity contribution < 1.29 is 4.79 Å². The number of nitrogens with zero attached hydrogens (tertiary/aromatic N) is 2. The second-order valence-corrected chi connectivity index (χ2v) is 5.24. The molecule has 16 heavy (non-hydrogen) atoms.